The third-order valence-corrected chi connectivity index (χ3v) is 5.36. The predicted molar refractivity (Wildman–Crippen MR) is 90.0 cm³/mol. The maximum Gasteiger partial charge on any atom is 0.228 e. The summed E-state index contributed by atoms with van der Waals surface area (Å²) >= 11 is 0. The summed E-state index contributed by atoms with van der Waals surface area (Å²) in [6.45, 7) is -0.829. The molecule has 11 nitrogen and oxygen atoms in total. The lowest BCUT2D eigenvalue weighted by Crippen LogP contribution is -2.64. The second kappa shape index (κ2) is 10.2. The van der Waals surface area contributed by atoms with Gasteiger partial charge in [-0.1, -0.05) is 0 Å². The van der Waals surface area contributed by atoms with Gasteiger partial charge in [-0.15, -0.1) is 0 Å². The fraction of sp³-hybridized carbons (Fsp3) is 1.00. The Morgan fingerprint density at radius 3 is 2.03 bits per heavy atom. The van der Waals surface area contributed by atoms with Crippen molar-refractivity contribution in [2.45, 2.75) is 87.0 Å². The third kappa shape index (κ3) is 5.05. The second-order valence-electron chi connectivity index (χ2n) is 7.39. The molecule has 11 atom stereocenters. The molecule has 6 N–H and O–H groups in total. The van der Waals surface area contributed by atoms with Gasteiger partial charge in [0, 0.05) is 6.61 Å². The molecule has 12 heteroatoms. The van der Waals surface area contributed by atoms with Crippen LogP contribution in [0, 0.1) is 0 Å². The summed E-state index contributed by atoms with van der Waals surface area (Å²) in [5.74, 6) is 0. The molecule has 0 spiro atoms. The smallest absolute Gasteiger partial charge is 0.228 e. The van der Waals surface area contributed by atoms with Crippen molar-refractivity contribution in [3.63, 3.8) is 0 Å². The standard InChI is InChI=1S/C17H29FO11/c18-16-12(23)10(21)15(7(5-19)26-16)29-17-13(24)11(22)14(8(6-20)27-17)28-9-3-1-2-4-25-9/h7-17,19-24H,1-6H2. The first kappa shape index (κ1) is 23.2. The van der Waals surface area contributed by atoms with Crippen LogP contribution in [0.2, 0.25) is 0 Å². The van der Waals surface area contributed by atoms with Gasteiger partial charge >= 0.3 is 0 Å². The van der Waals surface area contributed by atoms with Crippen LogP contribution in [-0.4, -0.2) is 118 Å². The first-order chi connectivity index (χ1) is 13.9. The lowest BCUT2D eigenvalue weighted by molar-refractivity contribution is -0.361. The summed E-state index contributed by atoms with van der Waals surface area (Å²) in [7, 11) is 0. The van der Waals surface area contributed by atoms with E-state index in [1.54, 1.807) is 0 Å². The highest BCUT2D eigenvalue weighted by Crippen LogP contribution is 2.31. The summed E-state index contributed by atoms with van der Waals surface area (Å²) in [5, 5.41) is 59.7. The van der Waals surface area contributed by atoms with Crippen LogP contribution < -0.4 is 0 Å². The molecule has 3 rings (SSSR count). The molecule has 11 unspecified atom stereocenters. The van der Waals surface area contributed by atoms with Gasteiger partial charge in [-0.3, -0.25) is 0 Å². The number of halogens is 1. The Kier molecular flexibility index (Phi) is 8.14. The number of alkyl halides is 1. The molecular weight excluding hydrogens is 399 g/mol. The SMILES string of the molecule is OCC1OC(F)C(O)C(O)C1OC1OC(CO)C(OC2CCCCO2)C(O)C1O. The average molecular weight is 428 g/mol. The minimum atomic E-state index is -2.23. The van der Waals surface area contributed by atoms with E-state index < -0.39 is 81.0 Å². The van der Waals surface area contributed by atoms with Gasteiger partial charge in [-0.05, 0) is 19.3 Å². The highest BCUT2D eigenvalue weighted by atomic mass is 19.1. The van der Waals surface area contributed by atoms with E-state index in [0.29, 0.717) is 13.0 Å². The van der Waals surface area contributed by atoms with E-state index in [1.165, 1.54) is 0 Å². The van der Waals surface area contributed by atoms with Crippen molar-refractivity contribution < 1.29 is 58.7 Å². The van der Waals surface area contributed by atoms with E-state index in [-0.39, 0.29) is 0 Å². The van der Waals surface area contributed by atoms with Gasteiger partial charge in [0.05, 0.1) is 13.2 Å². The monoisotopic (exact) mass is 428 g/mol. The van der Waals surface area contributed by atoms with Gasteiger partial charge in [0.15, 0.2) is 12.6 Å². The van der Waals surface area contributed by atoms with Crippen molar-refractivity contribution in [2.75, 3.05) is 19.8 Å². The normalized spacial score (nSPS) is 49.1. The minimum absolute atomic E-state index is 0.492. The predicted octanol–water partition coefficient (Wildman–Crippen LogP) is -2.87. The van der Waals surface area contributed by atoms with Crippen LogP contribution in [0.4, 0.5) is 4.39 Å². The Morgan fingerprint density at radius 1 is 0.793 bits per heavy atom. The fourth-order valence-corrected chi connectivity index (χ4v) is 3.69. The molecule has 0 aromatic carbocycles. The van der Waals surface area contributed by atoms with Crippen molar-refractivity contribution in [1.29, 1.82) is 0 Å². The number of ether oxygens (including phenoxy) is 5. The van der Waals surface area contributed by atoms with Crippen LogP contribution in [0.25, 0.3) is 0 Å². The Bertz CT molecular complexity index is 504. The molecule has 0 aliphatic carbocycles. The van der Waals surface area contributed by atoms with Gasteiger partial charge in [0.1, 0.15) is 48.8 Å². The molecule has 0 saturated carbocycles. The topological polar surface area (TPSA) is 168 Å². The summed E-state index contributed by atoms with van der Waals surface area (Å²) in [6.07, 6.45) is -14.1. The zero-order valence-corrected chi connectivity index (χ0v) is 15.7. The first-order valence-corrected chi connectivity index (χ1v) is 9.68. The molecule has 29 heavy (non-hydrogen) atoms. The lowest BCUT2D eigenvalue weighted by Gasteiger charge is -2.46. The molecule has 3 heterocycles. The van der Waals surface area contributed by atoms with Crippen LogP contribution >= 0.6 is 0 Å². The molecule has 3 saturated heterocycles. The highest BCUT2D eigenvalue weighted by molar-refractivity contribution is 4.94. The Morgan fingerprint density at radius 2 is 1.41 bits per heavy atom. The molecule has 0 aromatic rings. The van der Waals surface area contributed by atoms with E-state index in [9.17, 15) is 35.0 Å². The van der Waals surface area contributed by atoms with Crippen LogP contribution in [0.5, 0.6) is 0 Å². The third-order valence-electron chi connectivity index (χ3n) is 5.36. The zero-order valence-electron chi connectivity index (χ0n) is 15.7. The maximum absolute atomic E-state index is 13.6. The van der Waals surface area contributed by atoms with Crippen molar-refractivity contribution in [2.24, 2.45) is 0 Å². The number of aliphatic hydroxyl groups excluding tert-OH is 6. The Balaban J connectivity index is 1.67. The average Bonchev–Trinajstić information content (AvgIpc) is 2.73. The summed E-state index contributed by atoms with van der Waals surface area (Å²) in [6, 6.07) is 0. The summed E-state index contributed by atoms with van der Waals surface area (Å²) in [5.41, 5.74) is 0. The van der Waals surface area contributed by atoms with Crippen molar-refractivity contribution >= 4 is 0 Å². The van der Waals surface area contributed by atoms with E-state index in [1.807, 2.05) is 0 Å². The van der Waals surface area contributed by atoms with Crippen molar-refractivity contribution in [3.8, 4) is 0 Å². The molecule has 3 fully saturated rings. The largest absolute Gasteiger partial charge is 0.394 e. The number of hydrogen-bond acceptors (Lipinski definition) is 11. The molecule has 3 aliphatic rings. The number of hydrogen-bond donors (Lipinski definition) is 6. The molecule has 170 valence electrons. The van der Waals surface area contributed by atoms with Gasteiger partial charge in [0.2, 0.25) is 6.36 Å². The molecule has 3 aliphatic heterocycles. The quantitative estimate of drug-likeness (QED) is 0.257. The molecule has 0 amide bonds. The summed E-state index contributed by atoms with van der Waals surface area (Å²) < 4.78 is 40.4. The van der Waals surface area contributed by atoms with E-state index in [2.05, 4.69) is 0 Å². The van der Waals surface area contributed by atoms with Gasteiger partial charge in [0.25, 0.3) is 0 Å². The second-order valence-corrected chi connectivity index (χ2v) is 7.39. The van der Waals surface area contributed by atoms with Gasteiger partial charge < -0.3 is 54.3 Å². The Labute approximate surface area is 166 Å². The van der Waals surface area contributed by atoms with Crippen molar-refractivity contribution in [1.82, 2.24) is 0 Å². The molecule has 0 aromatic heterocycles. The van der Waals surface area contributed by atoms with Crippen molar-refractivity contribution in [3.05, 3.63) is 0 Å². The number of aliphatic hydroxyl groups is 6. The maximum atomic E-state index is 13.6. The number of rotatable bonds is 6. The lowest BCUT2D eigenvalue weighted by atomic mass is 9.97. The minimum Gasteiger partial charge on any atom is -0.394 e. The van der Waals surface area contributed by atoms with Crippen LogP contribution in [0.15, 0.2) is 0 Å². The first-order valence-electron chi connectivity index (χ1n) is 9.68. The van der Waals surface area contributed by atoms with Crippen LogP contribution in [0.1, 0.15) is 19.3 Å². The van der Waals surface area contributed by atoms with Gasteiger partial charge in [-0.2, -0.15) is 0 Å². The molecule has 0 bridgehead atoms. The van der Waals surface area contributed by atoms with E-state index in [0.717, 1.165) is 12.8 Å². The summed E-state index contributed by atoms with van der Waals surface area (Å²) in [4.78, 5) is 0. The van der Waals surface area contributed by atoms with Crippen LogP contribution in [0.3, 0.4) is 0 Å². The van der Waals surface area contributed by atoms with Crippen LogP contribution in [-0.2, 0) is 23.7 Å². The highest BCUT2D eigenvalue weighted by Gasteiger charge is 2.51. The van der Waals surface area contributed by atoms with E-state index >= 15 is 0 Å². The Hall–Kier alpha value is -0.510. The molecular formula is C17H29FO11. The van der Waals surface area contributed by atoms with Gasteiger partial charge in [-0.25, -0.2) is 4.39 Å². The fourth-order valence-electron chi connectivity index (χ4n) is 3.69. The molecule has 0 radical (unpaired) electrons. The zero-order chi connectivity index (χ0) is 21.1. The van der Waals surface area contributed by atoms with E-state index in [4.69, 9.17) is 23.7 Å².